The van der Waals surface area contributed by atoms with E-state index in [0.717, 1.165) is 34.7 Å². The average molecular weight is 313 g/mol. The van der Waals surface area contributed by atoms with Crippen LogP contribution in [0.3, 0.4) is 0 Å². The Balaban J connectivity index is 1.78. The van der Waals surface area contributed by atoms with Gasteiger partial charge in [0.2, 0.25) is 0 Å². The molecular formula is C13H17BrN2O2. The van der Waals surface area contributed by atoms with Gasteiger partial charge in [0.25, 0.3) is 0 Å². The second kappa shape index (κ2) is 5.36. The molecule has 1 atom stereocenters. The molecule has 1 saturated heterocycles. The molecule has 98 valence electrons. The molecule has 0 amide bonds. The van der Waals surface area contributed by atoms with E-state index in [1.54, 1.807) is 0 Å². The van der Waals surface area contributed by atoms with Crippen molar-refractivity contribution in [3.8, 4) is 11.5 Å². The molecule has 2 aliphatic rings. The fourth-order valence-electron chi connectivity index (χ4n) is 2.37. The van der Waals surface area contributed by atoms with Crippen LogP contribution >= 0.6 is 15.9 Å². The third-order valence-corrected chi connectivity index (χ3v) is 3.94. The number of halogens is 1. The van der Waals surface area contributed by atoms with E-state index in [0.29, 0.717) is 19.3 Å². The summed E-state index contributed by atoms with van der Waals surface area (Å²) in [5, 5.41) is 6.96. The minimum Gasteiger partial charge on any atom is -0.486 e. The molecular weight excluding hydrogens is 296 g/mol. The highest BCUT2D eigenvalue weighted by Gasteiger charge is 2.18. The normalized spacial score (nSPS) is 22.6. The summed E-state index contributed by atoms with van der Waals surface area (Å²) in [6, 6.07) is 4.48. The Kier molecular flexibility index (Phi) is 3.61. The first-order valence-corrected chi connectivity index (χ1v) is 7.18. The zero-order valence-electron chi connectivity index (χ0n) is 10.2. The predicted molar refractivity (Wildman–Crippen MR) is 74.6 cm³/mol. The fraction of sp³-hybridized carbons (Fsp3) is 0.538. The van der Waals surface area contributed by atoms with E-state index in [-0.39, 0.29) is 0 Å². The van der Waals surface area contributed by atoms with E-state index in [1.807, 2.05) is 12.1 Å². The highest BCUT2D eigenvalue weighted by atomic mass is 79.9. The molecule has 1 aromatic carbocycles. The molecule has 4 nitrogen and oxygen atoms in total. The summed E-state index contributed by atoms with van der Waals surface area (Å²) in [7, 11) is 0. The first-order chi connectivity index (χ1) is 8.83. The van der Waals surface area contributed by atoms with Gasteiger partial charge < -0.3 is 20.1 Å². The summed E-state index contributed by atoms with van der Waals surface area (Å²) in [6.45, 7) is 3.39. The maximum absolute atomic E-state index is 5.61. The number of piperidine rings is 1. The molecule has 0 spiro atoms. The van der Waals surface area contributed by atoms with Gasteiger partial charge >= 0.3 is 0 Å². The van der Waals surface area contributed by atoms with Crippen molar-refractivity contribution in [2.24, 2.45) is 0 Å². The second-order valence-electron chi connectivity index (χ2n) is 4.66. The number of fused-ring (bicyclic) bond motifs is 1. The van der Waals surface area contributed by atoms with Gasteiger partial charge in [-0.3, -0.25) is 0 Å². The average Bonchev–Trinajstić information content (AvgIpc) is 2.41. The van der Waals surface area contributed by atoms with Gasteiger partial charge in [-0.05, 0) is 35.3 Å². The Morgan fingerprint density at radius 1 is 1.22 bits per heavy atom. The molecule has 2 aliphatic heterocycles. The van der Waals surface area contributed by atoms with Gasteiger partial charge in [0.05, 0.1) is 5.69 Å². The van der Waals surface area contributed by atoms with E-state index in [1.165, 1.54) is 12.8 Å². The smallest absolute Gasteiger partial charge is 0.163 e. The van der Waals surface area contributed by atoms with E-state index in [9.17, 15) is 0 Å². The molecule has 1 unspecified atom stereocenters. The first kappa shape index (κ1) is 12.1. The molecule has 2 N–H and O–H groups in total. The SMILES string of the molecule is Brc1cc2c(cc1NC1CCCNC1)OCCO2. The van der Waals surface area contributed by atoms with E-state index in [4.69, 9.17) is 9.47 Å². The maximum Gasteiger partial charge on any atom is 0.163 e. The number of ether oxygens (including phenoxy) is 2. The van der Waals surface area contributed by atoms with Gasteiger partial charge in [-0.1, -0.05) is 0 Å². The van der Waals surface area contributed by atoms with Crippen LogP contribution in [0.25, 0.3) is 0 Å². The summed E-state index contributed by atoms with van der Waals surface area (Å²) < 4.78 is 12.2. The van der Waals surface area contributed by atoms with Gasteiger partial charge in [0.1, 0.15) is 13.2 Å². The zero-order valence-corrected chi connectivity index (χ0v) is 11.8. The van der Waals surface area contributed by atoms with Crippen LogP contribution in [0.1, 0.15) is 12.8 Å². The third kappa shape index (κ3) is 2.57. The van der Waals surface area contributed by atoms with Crippen LogP contribution in [0.5, 0.6) is 11.5 Å². The van der Waals surface area contributed by atoms with Crippen LogP contribution in [0, 0.1) is 0 Å². The fourth-order valence-corrected chi connectivity index (χ4v) is 2.81. The number of nitrogens with one attached hydrogen (secondary N) is 2. The molecule has 3 rings (SSSR count). The Morgan fingerprint density at radius 2 is 2.00 bits per heavy atom. The highest BCUT2D eigenvalue weighted by Crippen LogP contribution is 2.38. The van der Waals surface area contributed by atoms with E-state index >= 15 is 0 Å². The molecule has 5 heteroatoms. The molecule has 0 aromatic heterocycles. The van der Waals surface area contributed by atoms with Crippen LogP contribution in [0.2, 0.25) is 0 Å². The monoisotopic (exact) mass is 312 g/mol. The van der Waals surface area contributed by atoms with Crippen molar-refractivity contribution in [3.05, 3.63) is 16.6 Å². The number of anilines is 1. The largest absolute Gasteiger partial charge is 0.486 e. The zero-order chi connectivity index (χ0) is 12.4. The van der Waals surface area contributed by atoms with Crippen LogP contribution in [-0.2, 0) is 0 Å². The van der Waals surface area contributed by atoms with Crippen LogP contribution in [-0.4, -0.2) is 32.3 Å². The Hall–Kier alpha value is -0.940. The van der Waals surface area contributed by atoms with Crippen LogP contribution < -0.4 is 20.1 Å². The summed E-state index contributed by atoms with van der Waals surface area (Å²) in [4.78, 5) is 0. The van der Waals surface area contributed by atoms with Gasteiger partial charge in [0.15, 0.2) is 11.5 Å². The lowest BCUT2D eigenvalue weighted by molar-refractivity contribution is 0.171. The summed E-state index contributed by atoms with van der Waals surface area (Å²) in [5.41, 5.74) is 1.08. The topological polar surface area (TPSA) is 42.5 Å². The lowest BCUT2D eigenvalue weighted by atomic mass is 10.1. The molecule has 1 fully saturated rings. The van der Waals surface area contributed by atoms with Crippen LogP contribution in [0.15, 0.2) is 16.6 Å². The molecule has 1 aromatic rings. The van der Waals surface area contributed by atoms with Gasteiger partial charge in [-0.2, -0.15) is 0 Å². The minimum atomic E-state index is 0.484. The number of rotatable bonds is 2. The highest BCUT2D eigenvalue weighted by molar-refractivity contribution is 9.10. The molecule has 0 saturated carbocycles. The third-order valence-electron chi connectivity index (χ3n) is 3.29. The summed E-state index contributed by atoms with van der Waals surface area (Å²) in [6.07, 6.45) is 2.42. The Morgan fingerprint density at radius 3 is 2.72 bits per heavy atom. The Labute approximate surface area is 115 Å². The van der Waals surface area contributed by atoms with Crippen molar-refractivity contribution in [1.29, 1.82) is 0 Å². The molecule has 0 radical (unpaired) electrons. The summed E-state index contributed by atoms with van der Waals surface area (Å²) in [5.74, 6) is 1.65. The van der Waals surface area contributed by atoms with Gasteiger partial charge in [0, 0.05) is 29.2 Å². The maximum atomic E-state index is 5.61. The summed E-state index contributed by atoms with van der Waals surface area (Å²) >= 11 is 3.58. The Bertz CT molecular complexity index is 433. The van der Waals surface area contributed by atoms with Crippen molar-refractivity contribution < 1.29 is 9.47 Å². The number of benzene rings is 1. The lowest BCUT2D eigenvalue weighted by Crippen LogP contribution is -2.38. The minimum absolute atomic E-state index is 0.484. The standard InChI is InChI=1S/C13H17BrN2O2/c14-10-6-12-13(18-5-4-17-12)7-11(10)16-9-2-1-3-15-8-9/h6-7,9,15-16H,1-5,8H2. The quantitative estimate of drug-likeness (QED) is 0.880. The molecule has 2 heterocycles. The van der Waals surface area contributed by atoms with Gasteiger partial charge in [-0.15, -0.1) is 0 Å². The molecule has 0 bridgehead atoms. The first-order valence-electron chi connectivity index (χ1n) is 6.39. The van der Waals surface area contributed by atoms with Crippen molar-refractivity contribution in [1.82, 2.24) is 5.32 Å². The molecule has 18 heavy (non-hydrogen) atoms. The van der Waals surface area contributed by atoms with Crippen LogP contribution in [0.4, 0.5) is 5.69 Å². The van der Waals surface area contributed by atoms with Crippen molar-refractivity contribution >= 4 is 21.6 Å². The van der Waals surface area contributed by atoms with E-state index in [2.05, 4.69) is 26.6 Å². The number of hydrogen-bond acceptors (Lipinski definition) is 4. The van der Waals surface area contributed by atoms with Crippen molar-refractivity contribution in [2.45, 2.75) is 18.9 Å². The predicted octanol–water partition coefficient (Wildman–Crippen LogP) is 2.38. The van der Waals surface area contributed by atoms with Crippen molar-refractivity contribution in [3.63, 3.8) is 0 Å². The molecule has 0 aliphatic carbocycles. The lowest BCUT2D eigenvalue weighted by Gasteiger charge is -2.26. The second-order valence-corrected chi connectivity index (χ2v) is 5.52. The van der Waals surface area contributed by atoms with Gasteiger partial charge in [-0.25, -0.2) is 0 Å². The van der Waals surface area contributed by atoms with E-state index < -0.39 is 0 Å². The van der Waals surface area contributed by atoms with Crippen molar-refractivity contribution in [2.75, 3.05) is 31.6 Å². The number of hydrogen-bond donors (Lipinski definition) is 2.